The number of nitrogens with zero attached hydrogens (tertiary/aromatic N) is 1. The summed E-state index contributed by atoms with van der Waals surface area (Å²) < 4.78 is 25.6. The van der Waals surface area contributed by atoms with Crippen LogP contribution in [0.25, 0.3) is 10.9 Å². The zero-order valence-electron chi connectivity index (χ0n) is 13.9. The van der Waals surface area contributed by atoms with E-state index in [0.717, 1.165) is 16.5 Å². The van der Waals surface area contributed by atoms with Gasteiger partial charge >= 0.3 is 0 Å². The van der Waals surface area contributed by atoms with Crippen molar-refractivity contribution in [2.24, 2.45) is 0 Å². The van der Waals surface area contributed by atoms with Crippen molar-refractivity contribution in [2.75, 3.05) is 0 Å². The Bertz CT molecular complexity index is 899. The first kappa shape index (κ1) is 16.9. The summed E-state index contributed by atoms with van der Waals surface area (Å²) in [5.41, 5.74) is 1.93. The van der Waals surface area contributed by atoms with E-state index in [0.29, 0.717) is 19.0 Å². The molecule has 0 radical (unpaired) electrons. The van der Waals surface area contributed by atoms with Gasteiger partial charge in [-0.15, -0.1) is 0 Å². The van der Waals surface area contributed by atoms with Gasteiger partial charge in [-0.3, -0.25) is 4.98 Å². The molecular formula is C19H22N2O2S. The van der Waals surface area contributed by atoms with Gasteiger partial charge in [-0.25, -0.2) is 8.42 Å². The number of allylic oxidation sites excluding steroid dienone is 3. The van der Waals surface area contributed by atoms with Gasteiger partial charge in [-0.2, -0.15) is 0 Å². The van der Waals surface area contributed by atoms with Crippen LogP contribution in [-0.4, -0.2) is 24.7 Å². The standard InChI is InChI=1S/C19H22N2O2S/c1-14(2)20-12-16-8-6-7-15-11-18(13-21-19(15)16)24(22,23)17-9-4-3-5-10-17/h3-9,11,13-14,17,20H,10,12H2,1-2H3. The van der Waals surface area contributed by atoms with E-state index in [4.69, 9.17) is 0 Å². The minimum atomic E-state index is -3.41. The van der Waals surface area contributed by atoms with Crippen LogP contribution in [0.15, 0.2) is 59.7 Å². The maximum atomic E-state index is 12.8. The van der Waals surface area contributed by atoms with E-state index in [1.807, 2.05) is 30.4 Å². The molecule has 0 saturated heterocycles. The molecule has 1 unspecified atom stereocenters. The molecule has 1 aliphatic carbocycles. The molecule has 1 atom stereocenters. The van der Waals surface area contributed by atoms with Gasteiger partial charge in [0.15, 0.2) is 9.84 Å². The summed E-state index contributed by atoms with van der Waals surface area (Å²) in [6.45, 7) is 4.90. The SMILES string of the molecule is CC(C)NCc1cccc2cc(S(=O)(=O)C3C=CC=CC3)cnc12. The van der Waals surface area contributed by atoms with E-state index in [9.17, 15) is 8.42 Å². The molecule has 126 valence electrons. The highest BCUT2D eigenvalue weighted by Crippen LogP contribution is 2.25. The third-order valence-corrected chi connectivity index (χ3v) is 6.17. The fourth-order valence-electron chi connectivity index (χ4n) is 2.78. The highest BCUT2D eigenvalue weighted by atomic mass is 32.2. The number of hydrogen-bond donors (Lipinski definition) is 1. The van der Waals surface area contributed by atoms with Crippen molar-refractivity contribution in [3.05, 3.63) is 60.3 Å². The van der Waals surface area contributed by atoms with Crippen molar-refractivity contribution in [3.8, 4) is 0 Å². The Labute approximate surface area is 143 Å². The first-order chi connectivity index (χ1) is 11.5. The molecule has 1 aliphatic rings. The molecule has 2 aromatic rings. The second-order valence-corrected chi connectivity index (χ2v) is 8.49. The summed E-state index contributed by atoms with van der Waals surface area (Å²) in [7, 11) is -3.41. The highest BCUT2D eigenvalue weighted by Gasteiger charge is 2.25. The number of nitrogens with one attached hydrogen (secondary N) is 1. The zero-order chi connectivity index (χ0) is 17.2. The molecule has 0 saturated carbocycles. The largest absolute Gasteiger partial charge is 0.310 e. The van der Waals surface area contributed by atoms with Crippen LogP contribution in [0.1, 0.15) is 25.8 Å². The maximum Gasteiger partial charge on any atom is 0.186 e. The van der Waals surface area contributed by atoms with Gasteiger partial charge in [0.2, 0.25) is 0 Å². The molecule has 4 nitrogen and oxygen atoms in total. The molecule has 5 heteroatoms. The molecule has 1 N–H and O–H groups in total. The summed E-state index contributed by atoms with van der Waals surface area (Å²) in [6, 6.07) is 8.00. The van der Waals surface area contributed by atoms with Gasteiger partial charge in [-0.05, 0) is 18.1 Å². The third-order valence-electron chi connectivity index (χ3n) is 4.14. The van der Waals surface area contributed by atoms with E-state index >= 15 is 0 Å². The molecular weight excluding hydrogens is 320 g/mol. The van der Waals surface area contributed by atoms with Crippen molar-refractivity contribution < 1.29 is 8.42 Å². The molecule has 3 rings (SSSR count). The maximum absolute atomic E-state index is 12.8. The lowest BCUT2D eigenvalue weighted by Crippen LogP contribution is -2.22. The fraction of sp³-hybridized carbons (Fsp3) is 0.316. The molecule has 1 aromatic heterocycles. The number of para-hydroxylation sites is 1. The van der Waals surface area contributed by atoms with Crippen LogP contribution in [-0.2, 0) is 16.4 Å². The quantitative estimate of drug-likeness (QED) is 0.905. The average molecular weight is 342 g/mol. The van der Waals surface area contributed by atoms with Crippen LogP contribution in [0, 0.1) is 0 Å². The van der Waals surface area contributed by atoms with Crippen LogP contribution >= 0.6 is 0 Å². The van der Waals surface area contributed by atoms with Crippen molar-refractivity contribution >= 4 is 20.7 Å². The number of hydrogen-bond acceptors (Lipinski definition) is 4. The van der Waals surface area contributed by atoms with Crippen molar-refractivity contribution in [1.82, 2.24) is 10.3 Å². The Kier molecular flexibility index (Phi) is 4.83. The van der Waals surface area contributed by atoms with Crippen LogP contribution in [0.3, 0.4) is 0 Å². The molecule has 24 heavy (non-hydrogen) atoms. The van der Waals surface area contributed by atoms with E-state index < -0.39 is 15.1 Å². The smallest absolute Gasteiger partial charge is 0.186 e. The molecule has 1 aromatic carbocycles. The van der Waals surface area contributed by atoms with Crippen LogP contribution < -0.4 is 5.32 Å². The van der Waals surface area contributed by atoms with Gasteiger partial charge < -0.3 is 5.32 Å². The Morgan fingerprint density at radius 3 is 2.83 bits per heavy atom. The topological polar surface area (TPSA) is 59.1 Å². The first-order valence-corrected chi connectivity index (χ1v) is 9.71. The fourth-order valence-corrected chi connectivity index (χ4v) is 4.28. The molecule has 0 aliphatic heterocycles. The summed E-state index contributed by atoms with van der Waals surface area (Å²) in [6.07, 6.45) is 9.28. The second kappa shape index (κ2) is 6.87. The number of aromatic nitrogens is 1. The average Bonchev–Trinajstić information content (AvgIpc) is 2.60. The molecule has 0 fully saturated rings. The Morgan fingerprint density at radius 1 is 1.29 bits per heavy atom. The lowest BCUT2D eigenvalue weighted by atomic mass is 10.1. The van der Waals surface area contributed by atoms with Gasteiger partial charge in [0.05, 0.1) is 15.7 Å². The lowest BCUT2D eigenvalue weighted by Gasteiger charge is -2.15. The van der Waals surface area contributed by atoms with Gasteiger partial charge in [0.1, 0.15) is 0 Å². The molecule has 1 heterocycles. The number of sulfone groups is 1. The number of rotatable bonds is 5. The molecule has 0 bridgehead atoms. The van der Waals surface area contributed by atoms with E-state index in [-0.39, 0.29) is 4.90 Å². The van der Waals surface area contributed by atoms with Crippen LogP contribution in [0.5, 0.6) is 0 Å². The molecule has 0 spiro atoms. The lowest BCUT2D eigenvalue weighted by molar-refractivity contribution is 0.587. The van der Waals surface area contributed by atoms with E-state index in [1.54, 1.807) is 18.2 Å². The van der Waals surface area contributed by atoms with Crippen molar-refractivity contribution in [2.45, 2.75) is 43.0 Å². The van der Waals surface area contributed by atoms with Crippen molar-refractivity contribution in [3.63, 3.8) is 0 Å². The van der Waals surface area contributed by atoms with Gasteiger partial charge in [0.25, 0.3) is 0 Å². The highest BCUT2D eigenvalue weighted by molar-refractivity contribution is 7.92. The van der Waals surface area contributed by atoms with Crippen LogP contribution in [0.4, 0.5) is 0 Å². The predicted octanol–water partition coefficient (Wildman–Crippen LogP) is 3.39. The summed E-state index contributed by atoms with van der Waals surface area (Å²) in [5, 5.41) is 3.72. The van der Waals surface area contributed by atoms with E-state index in [1.165, 1.54) is 6.20 Å². The molecule has 0 amide bonds. The summed E-state index contributed by atoms with van der Waals surface area (Å²) in [5.74, 6) is 0. The predicted molar refractivity (Wildman–Crippen MR) is 97.6 cm³/mol. The summed E-state index contributed by atoms with van der Waals surface area (Å²) in [4.78, 5) is 4.74. The second-order valence-electron chi connectivity index (χ2n) is 6.33. The van der Waals surface area contributed by atoms with Gasteiger partial charge in [0, 0.05) is 24.2 Å². The number of pyridine rings is 1. The van der Waals surface area contributed by atoms with Crippen LogP contribution in [0.2, 0.25) is 0 Å². The minimum absolute atomic E-state index is 0.286. The van der Waals surface area contributed by atoms with E-state index in [2.05, 4.69) is 24.1 Å². The first-order valence-electron chi connectivity index (χ1n) is 8.17. The monoisotopic (exact) mass is 342 g/mol. The third kappa shape index (κ3) is 3.42. The Hall–Kier alpha value is -1.98. The summed E-state index contributed by atoms with van der Waals surface area (Å²) >= 11 is 0. The minimum Gasteiger partial charge on any atom is -0.310 e. The number of benzene rings is 1. The van der Waals surface area contributed by atoms with Crippen molar-refractivity contribution in [1.29, 1.82) is 0 Å². The Balaban J connectivity index is 1.97. The van der Waals surface area contributed by atoms with Gasteiger partial charge in [-0.1, -0.05) is 56.4 Å². The zero-order valence-corrected chi connectivity index (χ0v) is 14.8. The Morgan fingerprint density at radius 2 is 2.12 bits per heavy atom. The number of fused-ring (bicyclic) bond motifs is 1. The normalized spacial score (nSPS) is 17.7.